The molecule has 3 heteroatoms. The van der Waals surface area contributed by atoms with Crippen molar-refractivity contribution in [1.29, 1.82) is 0 Å². The summed E-state index contributed by atoms with van der Waals surface area (Å²) in [7, 11) is 0. The maximum Gasteiger partial charge on any atom is 0.307 e. The predicted octanol–water partition coefficient (Wildman–Crippen LogP) is 3.35. The minimum Gasteiger partial charge on any atom is -0.481 e. The first-order valence-corrected chi connectivity index (χ1v) is 5.34. The normalized spacial score (nSPS) is 14.6. The van der Waals surface area contributed by atoms with Gasteiger partial charge in [0, 0.05) is 5.02 Å². The average Bonchev–Trinajstić information content (AvgIpc) is 2.19. The third-order valence-electron chi connectivity index (χ3n) is 2.65. The maximum absolute atomic E-state index is 11.0. The molecule has 0 heterocycles. The van der Waals surface area contributed by atoms with E-state index in [0.717, 1.165) is 5.56 Å². The van der Waals surface area contributed by atoms with Crippen molar-refractivity contribution in [2.24, 2.45) is 5.92 Å². The molecule has 0 saturated heterocycles. The van der Waals surface area contributed by atoms with Crippen LogP contribution in [0.5, 0.6) is 0 Å². The highest BCUT2D eigenvalue weighted by Crippen LogP contribution is 2.27. The lowest BCUT2D eigenvalue weighted by Gasteiger charge is -2.18. The van der Waals surface area contributed by atoms with Gasteiger partial charge in [0.05, 0.1) is 5.92 Å². The number of hydrogen-bond acceptors (Lipinski definition) is 1. The zero-order valence-corrected chi connectivity index (χ0v) is 9.58. The maximum atomic E-state index is 11.0. The largest absolute Gasteiger partial charge is 0.481 e. The van der Waals surface area contributed by atoms with Crippen molar-refractivity contribution < 1.29 is 9.90 Å². The molecule has 15 heavy (non-hydrogen) atoms. The fourth-order valence-corrected chi connectivity index (χ4v) is 1.78. The highest BCUT2D eigenvalue weighted by Gasteiger charge is 2.23. The summed E-state index contributed by atoms with van der Waals surface area (Å²) in [5.41, 5.74) is 0.897. The molecule has 0 saturated carbocycles. The van der Waals surface area contributed by atoms with Crippen LogP contribution in [-0.4, -0.2) is 11.1 Å². The highest BCUT2D eigenvalue weighted by molar-refractivity contribution is 6.30. The number of carbonyl (C=O) groups is 1. The van der Waals surface area contributed by atoms with E-state index in [4.69, 9.17) is 16.7 Å². The minimum absolute atomic E-state index is 0.0373. The van der Waals surface area contributed by atoms with Gasteiger partial charge in [-0.25, -0.2) is 0 Å². The van der Waals surface area contributed by atoms with Crippen LogP contribution in [0, 0.1) is 12.0 Å². The number of hydrogen-bond donors (Lipinski definition) is 1. The second-order valence-corrected chi connectivity index (χ2v) is 4.04. The van der Waals surface area contributed by atoms with Gasteiger partial charge in [-0.05, 0) is 36.1 Å². The molecule has 1 rings (SSSR count). The molecule has 1 aromatic carbocycles. The van der Waals surface area contributed by atoms with Gasteiger partial charge in [-0.1, -0.05) is 31.5 Å². The van der Waals surface area contributed by atoms with Gasteiger partial charge in [-0.15, -0.1) is 0 Å². The van der Waals surface area contributed by atoms with Gasteiger partial charge in [0.15, 0.2) is 0 Å². The molecule has 0 aliphatic rings. The lowest BCUT2D eigenvalue weighted by Crippen LogP contribution is -2.19. The number of halogens is 1. The van der Waals surface area contributed by atoms with Gasteiger partial charge in [0.25, 0.3) is 0 Å². The Morgan fingerprint density at radius 3 is 2.67 bits per heavy atom. The predicted molar refractivity (Wildman–Crippen MR) is 60.1 cm³/mol. The third kappa shape index (κ3) is 2.96. The first-order chi connectivity index (χ1) is 7.06. The van der Waals surface area contributed by atoms with Crippen molar-refractivity contribution in [3.63, 3.8) is 0 Å². The van der Waals surface area contributed by atoms with E-state index in [1.54, 1.807) is 12.1 Å². The second-order valence-electron chi connectivity index (χ2n) is 3.60. The van der Waals surface area contributed by atoms with Crippen molar-refractivity contribution in [2.45, 2.75) is 26.2 Å². The highest BCUT2D eigenvalue weighted by atomic mass is 35.5. The molecular weight excluding hydrogens is 212 g/mol. The van der Waals surface area contributed by atoms with E-state index in [0.29, 0.717) is 11.4 Å². The van der Waals surface area contributed by atoms with E-state index < -0.39 is 5.97 Å². The summed E-state index contributed by atoms with van der Waals surface area (Å²) < 4.78 is 0. The standard InChI is InChI=1S/C12H14ClO2/c1-3-11(12(14)15)8(2)9-4-6-10(13)7-5-9/h4,6-8,11H,3H2,1-2H3,(H,14,15). The Hall–Kier alpha value is -1.02. The van der Waals surface area contributed by atoms with E-state index in [1.165, 1.54) is 0 Å². The average molecular weight is 226 g/mol. The molecule has 2 atom stereocenters. The monoisotopic (exact) mass is 225 g/mol. The van der Waals surface area contributed by atoms with E-state index >= 15 is 0 Å². The summed E-state index contributed by atoms with van der Waals surface area (Å²) in [5, 5.41) is 9.64. The van der Waals surface area contributed by atoms with Crippen LogP contribution >= 0.6 is 11.6 Å². The second kappa shape index (κ2) is 5.17. The Kier molecular flexibility index (Phi) is 4.15. The summed E-state index contributed by atoms with van der Waals surface area (Å²) in [6.07, 6.45) is 0.618. The van der Waals surface area contributed by atoms with Crippen LogP contribution in [0.3, 0.4) is 0 Å². The molecule has 1 aromatic rings. The molecular formula is C12H14ClO2. The van der Waals surface area contributed by atoms with Crippen molar-refractivity contribution in [2.75, 3.05) is 0 Å². The molecule has 0 aliphatic heterocycles. The van der Waals surface area contributed by atoms with Crippen LogP contribution in [0.2, 0.25) is 5.02 Å². The Labute approximate surface area is 94.9 Å². The first-order valence-electron chi connectivity index (χ1n) is 4.96. The molecule has 1 N–H and O–H groups in total. The molecule has 81 valence electrons. The fraction of sp³-hybridized carbons (Fsp3) is 0.417. The lowest BCUT2D eigenvalue weighted by atomic mass is 9.86. The molecule has 0 aliphatic carbocycles. The lowest BCUT2D eigenvalue weighted by molar-refractivity contribution is -0.142. The Balaban J connectivity index is 2.87. The number of carboxylic acids is 1. The molecule has 2 unspecified atom stereocenters. The van der Waals surface area contributed by atoms with Gasteiger partial charge in [0.1, 0.15) is 0 Å². The van der Waals surface area contributed by atoms with Crippen LogP contribution < -0.4 is 0 Å². The summed E-state index contributed by atoms with van der Waals surface area (Å²) in [5.74, 6) is -1.15. The van der Waals surface area contributed by atoms with Gasteiger partial charge in [-0.2, -0.15) is 0 Å². The van der Waals surface area contributed by atoms with Crippen molar-refractivity contribution in [3.8, 4) is 0 Å². The molecule has 2 nitrogen and oxygen atoms in total. The summed E-state index contributed by atoms with van der Waals surface area (Å²) >= 11 is 5.74. The zero-order valence-electron chi connectivity index (χ0n) is 8.83. The van der Waals surface area contributed by atoms with Crippen LogP contribution in [-0.2, 0) is 4.79 Å². The number of carboxylic acid groups (broad SMARTS) is 1. The quantitative estimate of drug-likeness (QED) is 0.853. The zero-order chi connectivity index (χ0) is 11.4. The topological polar surface area (TPSA) is 37.3 Å². The Morgan fingerprint density at radius 2 is 2.27 bits per heavy atom. The Bertz CT molecular complexity index is 332. The molecule has 0 aromatic heterocycles. The van der Waals surface area contributed by atoms with Gasteiger partial charge in [0.2, 0.25) is 0 Å². The van der Waals surface area contributed by atoms with Crippen molar-refractivity contribution >= 4 is 17.6 Å². The van der Waals surface area contributed by atoms with E-state index in [9.17, 15) is 4.79 Å². The van der Waals surface area contributed by atoms with E-state index in [-0.39, 0.29) is 11.8 Å². The van der Waals surface area contributed by atoms with Crippen molar-refractivity contribution in [1.82, 2.24) is 0 Å². The SMILES string of the molecule is CCC(C(=O)O)C(C)c1[c]cc(Cl)cc1. The molecule has 0 spiro atoms. The minimum atomic E-state index is -0.756. The summed E-state index contributed by atoms with van der Waals surface area (Å²) in [6, 6.07) is 8.27. The summed E-state index contributed by atoms with van der Waals surface area (Å²) in [4.78, 5) is 11.0. The number of benzene rings is 1. The fourth-order valence-electron chi connectivity index (χ4n) is 1.66. The summed E-state index contributed by atoms with van der Waals surface area (Å²) in [6.45, 7) is 3.78. The van der Waals surface area contributed by atoms with Crippen LogP contribution in [0.4, 0.5) is 0 Å². The Morgan fingerprint density at radius 1 is 1.60 bits per heavy atom. The third-order valence-corrected chi connectivity index (χ3v) is 2.89. The van der Waals surface area contributed by atoms with Crippen molar-refractivity contribution in [3.05, 3.63) is 34.9 Å². The number of rotatable bonds is 4. The van der Waals surface area contributed by atoms with E-state index in [2.05, 4.69) is 6.07 Å². The molecule has 0 fully saturated rings. The van der Waals surface area contributed by atoms with Crippen LogP contribution in [0.1, 0.15) is 31.7 Å². The first kappa shape index (κ1) is 12.1. The van der Waals surface area contributed by atoms with Gasteiger partial charge in [-0.3, -0.25) is 4.79 Å². The van der Waals surface area contributed by atoms with Gasteiger partial charge < -0.3 is 5.11 Å². The van der Waals surface area contributed by atoms with Gasteiger partial charge >= 0.3 is 5.97 Å². The molecule has 0 bridgehead atoms. The van der Waals surface area contributed by atoms with E-state index in [1.807, 2.05) is 19.9 Å². The molecule has 1 radical (unpaired) electrons. The van der Waals surface area contributed by atoms with Crippen LogP contribution in [0.25, 0.3) is 0 Å². The smallest absolute Gasteiger partial charge is 0.307 e. The number of aliphatic carboxylic acids is 1. The molecule has 0 amide bonds. The van der Waals surface area contributed by atoms with Crippen LogP contribution in [0.15, 0.2) is 18.2 Å².